The van der Waals surface area contributed by atoms with Crippen LogP contribution in [0.15, 0.2) is 30.5 Å². The van der Waals surface area contributed by atoms with Crippen molar-refractivity contribution in [1.82, 2.24) is 9.97 Å². The van der Waals surface area contributed by atoms with E-state index in [0.717, 1.165) is 35.1 Å². The van der Waals surface area contributed by atoms with Crippen molar-refractivity contribution in [3.63, 3.8) is 0 Å². The maximum Gasteiger partial charge on any atom is 0.164 e. The van der Waals surface area contributed by atoms with Crippen LogP contribution < -0.4 is 14.8 Å². The third-order valence-corrected chi connectivity index (χ3v) is 3.30. The summed E-state index contributed by atoms with van der Waals surface area (Å²) in [6.07, 6.45) is 2.64. The lowest BCUT2D eigenvalue weighted by Crippen LogP contribution is -2.33. The number of hydrogen-bond acceptors (Lipinski definition) is 5. The number of benzene rings is 1. The molecule has 104 valence electrons. The molecule has 1 aromatic heterocycles. The molecule has 0 amide bonds. The van der Waals surface area contributed by atoms with E-state index in [4.69, 9.17) is 9.47 Å². The average molecular weight is 271 g/mol. The highest BCUT2D eigenvalue weighted by atomic mass is 16.5. The molecule has 1 aromatic carbocycles. The summed E-state index contributed by atoms with van der Waals surface area (Å²) in [5, 5.41) is 3.38. The first-order valence-electron chi connectivity index (χ1n) is 6.61. The zero-order valence-electron chi connectivity index (χ0n) is 11.6. The number of anilines is 1. The molecule has 3 rings (SSSR count). The molecule has 2 aromatic rings. The number of hydrogen-bond donors (Lipinski definition) is 1. The van der Waals surface area contributed by atoms with Crippen molar-refractivity contribution in [3.05, 3.63) is 41.9 Å². The van der Waals surface area contributed by atoms with Crippen molar-refractivity contribution in [2.45, 2.75) is 19.4 Å². The van der Waals surface area contributed by atoms with Crippen LogP contribution >= 0.6 is 0 Å². The Balaban J connectivity index is 1.76. The second kappa shape index (κ2) is 5.36. The fourth-order valence-corrected chi connectivity index (χ4v) is 2.39. The summed E-state index contributed by atoms with van der Waals surface area (Å²) in [6, 6.07) is 8.03. The topological polar surface area (TPSA) is 56.3 Å². The van der Waals surface area contributed by atoms with Gasteiger partial charge in [-0.05, 0) is 25.5 Å². The first-order valence-corrected chi connectivity index (χ1v) is 6.61. The van der Waals surface area contributed by atoms with Gasteiger partial charge < -0.3 is 14.8 Å². The summed E-state index contributed by atoms with van der Waals surface area (Å²) in [7, 11) is 1.66. The summed E-state index contributed by atoms with van der Waals surface area (Å²) in [5.41, 5.74) is 1.15. The standard InChI is InChI=1S/C15H17N3O2/c1-10-16-7-6-14(17-10)18-12-8-11-4-3-5-13(19-2)15(11)20-9-12/h3-7,12H,8-9H2,1-2H3,(H,16,17,18)/t12-/m0/s1. The molecule has 0 fully saturated rings. The van der Waals surface area contributed by atoms with Gasteiger partial charge in [-0.3, -0.25) is 0 Å². The number of nitrogens with one attached hydrogen (secondary N) is 1. The van der Waals surface area contributed by atoms with Gasteiger partial charge in [0, 0.05) is 11.8 Å². The normalized spacial score (nSPS) is 17.0. The fourth-order valence-electron chi connectivity index (χ4n) is 2.39. The first-order chi connectivity index (χ1) is 9.76. The first kappa shape index (κ1) is 12.7. The SMILES string of the molecule is COc1cccc2c1OC[C@@H](Nc1ccnc(C)n1)C2. The molecule has 0 saturated carbocycles. The summed E-state index contributed by atoms with van der Waals surface area (Å²) in [6.45, 7) is 2.47. The van der Waals surface area contributed by atoms with E-state index in [-0.39, 0.29) is 6.04 Å². The van der Waals surface area contributed by atoms with Gasteiger partial charge >= 0.3 is 0 Å². The number of nitrogens with zero attached hydrogens (tertiary/aromatic N) is 2. The molecule has 1 aliphatic heterocycles. The molecule has 5 nitrogen and oxygen atoms in total. The minimum absolute atomic E-state index is 0.198. The van der Waals surface area contributed by atoms with E-state index >= 15 is 0 Å². The van der Waals surface area contributed by atoms with E-state index in [0.29, 0.717) is 6.61 Å². The van der Waals surface area contributed by atoms with Crippen LogP contribution in [0.2, 0.25) is 0 Å². The number of ether oxygens (including phenoxy) is 2. The molecule has 1 aliphatic rings. The Hall–Kier alpha value is -2.30. The molecule has 20 heavy (non-hydrogen) atoms. The molecule has 1 atom stereocenters. The van der Waals surface area contributed by atoms with Crippen LogP contribution in [0, 0.1) is 6.92 Å². The summed E-state index contributed by atoms with van der Waals surface area (Å²) in [5.74, 6) is 3.23. The number of methoxy groups -OCH3 is 1. The van der Waals surface area contributed by atoms with Gasteiger partial charge in [-0.25, -0.2) is 9.97 Å². The van der Waals surface area contributed by atoms with Crippen molar-refractivity contribution in [1.29, 1.82) is 0 Å². The van der Waals surface area contributed by atoms with Crippen LogP contribution in [0.4, 0.5) is 5.82 Å². The third kappa shape index (κ3) is 2.52. The second-order valence-corrected chi connectivity index (χ2v) is 4.79. The molecule has 0 bridgehead atoms. The fraction of sp³-hybridized carbons (Fsp3) is 0.333. The Morgan fingerprint density at radius 3 is 3.05 bits per heavy atom. The van der Waals surface area contributed by atoms with Gasteiger partial charge in [0.1, 0.15) is 18.2 Å². The Bertz CT molecular complexity index is 616. The third-order valence-electron chi connectivity index (χ3n) is 3.30. The smallest absolute Gasteiger partial charge is 0.164 e. The van der Waals surface area contributed by atoms with Gasteiger partial charge in [0.15, 0.2) is 11.5 Å². The molecule has 0 saturated heterocycles. The van der Waals surface area contributed by atoms with E-state index < -0.39 is 0 Å². The molecule has 0 unspecified atom stereocenters. The number of para-hydroxylation sites is 1. The van der Waals surface area contributed by atoms with E-state index in [1.165, 1.54) is 0 Å². The summed E-state index contributed by atoms with van der Waals surface area (Å²) < 4.78 is 11.1. The highest BCUT2D eigenvalue weighted by molar-refractivity contribution is 5.49. The van der Waals surface area contributed by atoms with Crippen molar-refractivity contribution < 1.29 is 9.47 Å². The quantitative estimate of drug-likeness (QED) is 0.927. The lowest BCUT2D eigenvalue weighted by molar-refractivity contribution is 0.256. The van der Waals surface area contributed by atoms with Gasteiger partial charge in [-0.1, -0.05) is 12.1 Å². The molecule has 2 heterocycles. The molecular formula is C15H17N3O2. The number of rotatable bonds is 3. The second-order valence-electron chi connectivity index (χ2n) is 4.79. The predicted octanol–water partition coefficient (Wildman–Crippen LogP) is 2.21. The van der Waals surface area contributed by atoms with Crippen LogP contribution in [0.5, 0.6) is 11.5 Å². The van der Waals surface area contributed by atoms with Crippen molar-refractivity contribution >= 4 is 5.82 Å². The molecule has 0 aliphatic carbocycles. The van der Waals surface area contributed by atoms with Gasteiger partial charge in [0.25, 0.3) is 0 Å². The minimum atomic E-state index is 0.198. The Labute approximate surface area is 118 Å². The van der Waals surface area contributed by atoms with Crippen molar-refractivity contribution in [2.75, 3.05) is 19.0 Å². The van der Waals surface area contributed by atoms with E-state index in [9.17, 15) is 0 Å². The molecule has 0 spiro atoms. The average Bonchev–Trinajstić information content (AvgIpc) is 2.46. The monoisotopic (exact) mass is 271 g/mol. The van der Waals surface area contributed by atoms with Crippen LogP contribution in [0.3, 0.4) is 0 Å². The number of aromatic nitrogens is 2. The van der Waals surface area contributed by atoms with Crippen LogP contribution in [-0.4, -0.2) is 29.7 Å². The molecule has 1 N–H and O–H groups in total. The number of fused-ring (bicyclic) bond motifs is 1. The zero-order valence-corrected chi connectivity index (χ0v) is 11.6. The lowest BCUT2D eigenvalue weighted by atomic mass is 10.0. The Kier molecular flexibility index (Phi) is 3.41. The maximum absolute atomic E-state index is 5.83. The Morgan fingerprint density at radius 2 is 2.25 bits per heavy atom. The van der Waals surface area contributed by atoms with Crippen LogP contribution in [0.1, 0.15) is 11.4 Å². The van der Waals surface area contributed by atoms with Gasteiger partial charge in [-0.15, -0.1) is 0 Å². The van der Waals surface area contributed by atoms with E-state index in [2.05, 4.69) is 21.4 Å². The van der Waals surface area contributed by atoms with Crippen LogP contribution in [-0.2, 0) is 6.42 Å². The largest absolute Gasteiger partial charge is 0.493 e. The molecule has 5 heteroatoms. The van der Waals surface area contributed by atoms with Crippen molar-refractivity contribution in [3.8, 4) is 11.5 Å². The highest BCUT2D eigenvalue weighted by Gasteiger charge is 2.22. The minimum Gasteiger partial charge on any atom is -0.493 e. The molecule has 0 radical (unpaired) electrons. The zero-order chi connectivity index (χ0) is 13.9. The predicted molar refractivity (Wildman–Crippen MR) is 76.4 cm³/mol. The van der Waals surface area contributed by atoms with Gasteiger partial charge in [-0.2, -0.15) is 0 Å². The highest BCUT2D eigenvalue weighted by Crippen LogP contribution is 2.34. The Morgan fingerprint density at radius 1 is 1.35 bits per heavy atom. The van der Waals surface area contributed by atoms with E-state index in [1.54, 1.807) is 13.3 Å². The molecular weight excluding hydrogens is 254 g/mol. The van der Waals surface area contributed by atoms with E-state index in [1.807, 2.05) is 25.1 Å². The maximum atomic E-state index is 5.83. The summed E-state index contributed by atoms with van der Waals surface area (Å²) >= 11 is 0. The summed E-state index contributed by atoms with van der Waals surface area (Å²) in [4.78, 5) is 8.45. The lowest BCUT2D eigenvalue weighted by Gasteiger charge is -2.27. The van der Waals surface area contributed by atoms with Crippen LogP contribution in [0.25, 0.3) is 0 Å². The number of aryl methyl sites for hydroxylation is 1. The van der Waals surface area contributed by atoms with Crippen molar-refractivity contribution in [2.24, 2.45) is 0 Å². The van der Waals surface area contributed by atoms with Gasteiger partial charge in [0.2, 0.25) is 0 Å². The van der Waals surface area contributed by atoms with Gasteiger partial charge in [0.05, 0.1) is 13.2 Å².